The van der Waals surface area contributed by atoms with E-state index in [0.717, 1.165) is 5.75 Å². The third kappa shape index (κ3) is 6.81. The van der Waals surface area contributed by atoms with Gasteiger partial charge in [0.1, 0.15) is 52.7 Å². The van der Waals surface area contributed by atoms with Crippen molar-refractivity contribution in [1.29, 1.82) is 0 Å². The van der Waals surface area contributed by atoms with Crippen LogP contribution in [0.1, 0.15) is 11.1 Å². The first-order chi connectivity index (χ1) is 28.0. The molecule has 1 aromatic heterocycles. The number of halogens is 20. The Morgan fingerprint density at radius 3 is 0.850 bits per heavy atom. The SMILES string of the molecule is Cc1cccc(O[n+]2ccccc2)c1C.Fc1c(F)c(F)c([B-](c2c(F)c(F)c(F)c(F)c2F)(c2c(F)c(F)c(F)c(F)c2F)c2c(F)c(F)c(F)c(F)c2F)c(F)c1F. The quantitative estimate of drug-likeness (QED) is 0.0541. The topological polar surface area (TPSA) is 13.1 Å². The van der Waals surface area contributed by atoms with Gasteiger partial charge in [-0.25, -0.2) is 92.6 Å². The molecular weight excluding hydrogens is 865 g/mol. The third-order valence-electron chi connectivity index (χ3n) is 9.15. The standard InChI is InChI=1S/C24BF20.C13H14NO/c26-5-1(6(27)14(35)21(42)13(5)34)25(2-7(28)15(36)22(43)16(37)8(2)29,3-9(30)17(38)23(44)18(39)10(3)31)4-11(32)19(40)24(45)20(41)12(4)33;1-11-7-6-8-13(12(11)2)15-14-9-4-3-5-10-14/h;3-10H,1-2H3/q-1;+1. The lowest BCUT2D eigenvalue weighted by molar-refractivity contribution is -0.875. The molecule has 0 saturated heterocycles. The van der Waals surface area contributed by atoms with Crippen LogP contribution >= 0.6 is 0 Å². The lowest BCUT2D eigenvalue weighted by Gasteiger charge is -2.44. The summed E-state index contributed by atoms with van der Waals surface area (Å²) in [4.78, 5) is 5.71. The monoisotopic (exact) mass is 879 g/mol. The molecule has 0 atom stereocenters. The van der Waals surface area contributed by atoms with E-state index >= 15 is 35.1 Å². The van der Waals surface area contributed by atoms with Crippen LogP contribution < -0.4 is 31.4 Å². The van der Waals surface area contributed by atoms with E-state index in [0.29, 0.717) is 0 Å². The summed E-state index contributed by atoms with van der Waals surface area (Å²) in [6.07, 6.45) is -3.46. The molecule has 0 bridgehead atoms. The van der Waals surface area contributed by atoms with Gasteiger partial charge in [0.25, 0.3) is 0 Å². The van der Waals surface area contributed by atoms with Crippen LogP contribution in [0.2, 0.25) is 0 Å². The molecule has 2 nitrogen and oxygen atoms in total. The van der Waals surface area contributed by atoms with Crippen molar-refractivity contribution in [3.63, 3.8) is 0 Å². The van der Waals surface area contributed by atoms with Gasteiger partial charge in [0, 0.05) is 22.4 Å². The van der Waals surface area contributed by atoms with Crippen molar-refractivity contribution in [1.82, 2.24) is 0 Å². The number of nitrogens with zero attached hydrogens (tertiary/aromatic N) is 1. The Bertz CT molecular complexity index is 2330. The van der Waals surface area contributed by atoms with E-state index < -0.39 is 144 Å². The molecule has 6 aromatic rings. The first-order valence-corrected chi connectivity index (χ1v) is 15.9. The average Bonchev–Trinajstić information content (AvgIpc) is 3.23. The molecule has 0 radical (unpaired) electrons. The van der Waals surface area contributed by atoms with Gasteiger partial charge in [-0.05, 0) is 25.5 Å². The molecule has 0 aliphatic heterocycles. The summed E-state index contributed by atoms with van der Waals surface area (Å²) >= 11 is 0. The Morgan fingerprint density at radius 1 is 0.333 bits per heavy atom. The zero-order chi connectivity index (χ0) is 45.0. The van der Waals surface area contributed by atoms with Gasteiger partial charge in [-0.1, -0.05) is 18.2 Å². The molecule has 0 fully saturated rings. The van der Waals surface area contributed by atoms with Crippen molar-refractivity contribution in [2.24, 2.45) is 0 Å². The van der Waals surface area contributed by atoms with Crippen molar-refractivity contribution >= 4 is 28.0 Å². The summed E-state index contributed by atoms with van der Waals surface area (Å²) in [5.41, 5.74) is -11.9. The number of pyridine rings is 1. The van der Waals surface area contributed by atoms with Gasteiger partial charge in [0.2, 0.25) is 18.1 Å². The molecule has 0 amide bonds. The zero-order valence-corrected chi connectivity index (χ0v) is 29.1. The third-order valence-corrected chi connectivity index (χ3v) is 9.15. The number of benzene rings is 5. The van der Waals surface area contributed by atoms with Crippen LogP contribution in [0.3, 0.4) is 0 Å². The molecule has 5 aromatic carbocycles. The van der Waals surface area contributed by atoms with Gasteiger partial charge in [0.05, 0.1) is 0 Å². The fourth-order valence-corrected chi connectivity index (χ4v) is 6.25. The van der Waals surface area contributed by atoms with Gasteiger partial charge in [-0.15, -0.1) is 21.9 Å². The molecule has 0 aliphatic rings. The van der Waals surface area contributed by atoms with E-state index in [4.69, 9.17) is 4.84 Å². The summed E-state index contributed by atoms with van der Waals surface area (Å²) in [5, 5.41) is 0. The highest BCUT2D eigenvalue weighted by atomic mass is 19.2. The maximum atomic E-state index is 15.4. The molecule has 0 saturated carbocycles. The summed E-state index contributed by atoms with van der Waals surface area (Å²) < 4.78 is 296. The van der Waals surface area contributed by atoms with Crippen LogP contribution in [0.4, 0.5) is 87.8 Å². The minimum absolute atomic E-state index is 0.895. The first kappa shape index (κ1) is 44.8. The predicted molar refractivity (Wildman–Crippen MR) is 168 cm³/mol. The lowest BCUT2D eigenvalue weighted by atomic mass is 9.12. The molecule has 0 aliphatic carbocycles. The molecule has 0 unspecified atom stereocenters. The van der Waals surface area contributed by atoms with Crippen molar-refractivity contribution in [3.05, 3.63) is 176 Å². The van der Waals surface area contributed by atoms with E-state index in [-0.39, 0.29) is 0 Å². The van der Waals surface area contributed by atoms with Gasteiger partial charge < -0.3 is 0 Å². The van der Waals surface area contributed by atoms with Gasteiger partial charge in [-0.2, -0.15) is 0 Å². The van der Waals surface area contributed by atoms with Gasteiger partial charge in [-0.3, -0.25) is 0 Å². The summed E-state index contributed by atoms with van der Waals surface area (Å²) in [5.74, 6) is -70.5. The second-order valence-corrected chi connectivity index (χ2v) is 12.3. The average molecular weight is 879 g/mol. The van der Waals surface area contributed by atoms with E-state index in [1.807, 2.05) is 42.7 Å². The van der Waals surface area contributed by atoms with E-state index in [9.17, 15) is 52.7 Å². The Hall–Kier alpha value is -6.29. The highest BCUT2D eigenvalue weighted by molar-refractivity contribution is 7.20. The van der Waals surface area contributed by atoms with Crippen LogP contribution in [0.25, 0.3) is 0 Å². The lowest BCUT2D eigenvalue weighted by Crippen LogP contribution is -2.81. The Labute approximate surface area is 321 Å². The zero-order valence-electron chi connectivity index (χ0n) is 29.1. The second-order valence-electron chi connectivity index (χ2n) is 12.3. The highest BCUT2D eigenvalue weighted by Gasteiger charge is 2.52. The normalized spacial score (nSPS) is 11.5. The second kappa shape index (κ2) is 16.4. The van der Waals surface area contributed by atoms with Crippen LogP contribution in [0, 0.1) is 130 Å². The molecule has 1 heterocycles. The first-order valence-electron chi connectivity index (χ1n) is 15.9. The number of hydrogen-bond donors (Lipinski definition) is 0. The molecule has 0 N–H and O–H groups in total. The molecule has 316 valence electrons. The van der Waals surface area contributed by atoms with Crippen LogP contribution in [0.5, 0.6) is 5.75 Å². The summed E-state index contributed by atoms with van der Waals surface area (Å²) in [7, 11) is 0. The van der Waals surface area contributed by atoms with Crippen molar-refractivity contribution < 1.29 is 97.4 Å². The van der Waals surface area contributed by atoms with Crippen molar-refractivity contribution in [2.45, 2.75) is 13.8 Å². The van der Waals surface area contributed by atoms with E-state index in [2.05, 4.69) is 19.9 Å². The van der Waals surface area contributed by atoms with Gasteiger partial charge in [0.15, 0.2) is 69.8 Å². The number of aromatic nitrogens is 1. The molecular formula is C37H14BF20NO. The molecule has 6 rings (SSSR count). The maximum Gasteiger partial charge on any atom is 0.223 e. The Balaban J connectivity index is 0.000000379. The largest absolute Gasteiger partial charge is 0.231 e. The fraction of sp³-hybridized carbons (Fsp3) is 0.0541. The smallest absolute Gasteiger partial charge is 0.223 e. The Kier molecular flexibility index (Phi) is 12.2. The van der Waals surface area contributed by atoms with Crippen molar-refractivity contribution in [3.8, 4) is 5.75 Å². The molecule has 23 heteroatoms. The van der Waals surface area contributed by atoms with Crippen LogP contribution in [-0.2, 0) is 0 Å². The summed E-state index contributed by atoms with van der Waals surface area (Å²) in [6, 6.07) is 11.9. The Morgan fingerprint density at radius 2 is 0.583 bits per heavy atom. The number of hydrogen-bond acceptors (Lipinski definition) is 1. The summed E-state index contributed by atoms with van der Waals surface area (Å²) in [6.45, 7) is 4.14. The number of aryl methyl sites for hydroxylation is 1. The predicted octanol–water partition coefficient (Wildman–Crippen LogP) is 8.28. The van der Waals surface area contributed by atoms with Gasteiger partial charge >= 0.3 is 0 Å². The molecule has 60 heavy (non-hydrogen) atoms. The van der Waals surface area contributed by atoms with E-state index in [1.54, 1.807) is 4.73 Å². The molecule has 0 spiro atoms. The minimum Gasteiger partial charge on any atom is -0.231 e. The van der Waals surface area contributed by atoms with E-state index in [1.165, 1.54) is 11.1 Å². The number of rotatable bonds is 6. The van der Waals surface area contributed by atoms with Crippen LogP contribution in [0.15, 0.2) is 48.8 Å². The fourth-order valence-electron chi connectivity index (χ4n) is 6.25. The maximum absolute atomic E-state index is 15.4. The highest BCUT2D eigenvalue weighted by Crippen LogP contribution is 2.31. The van der Waals surface area contributed by atoms with Crippen LogP contribution in [-0.4, -0.2) is 6.15 Å². The van der Waals surface area contributed by atoms with Crippen molar-refractivity contribution in [2.75, 3.05) is 0 Å². The minimum atomic E-state index is -7.22.